The number of carbonyl (C=O) groups excluding carboxylic acids is 2. The van der Waals surface area contributed by atoms with Crippen LogP contribution >= 0.6 is 0 Å². The molecule has 2 rings (SSSR count). The number of aliphatic hydroxyl groups is 1. The van der Waals surface area contributed by atoms with Gasteiger partial charge in [-0.3, -0.25) is 4.79 Å². The molecule has 0 aromatic heterocycles. The van der Waals surface area contributed by atoms with Crippen molar-refractivity contribution in [3.05, 3.63) is 0 Å². The molecule has 198 valence electrons. The summed E-state index contributed by atoms with van der Waals surface area (Å²) in [6, 6.07) is -0.695. The van der Waals surface area contributed by atoms with Crippen molar-refractivity contribution in [1.82, 2.24) is 5.32 Å². The van der Waals surface area contributed by atoms with Crippen LogP contribution in [0.25, 0.3) is 0 Å². The third-order valence-corrected chi connectivity index (χ3v) is 6.99. The highest BCUT2D eigenvalue weighted by Gasteiger charge is 2.49. The Morgan fingerprint density at radius 2 is 1.38 bits per heavy atom. The zero-order chi connectivity index (χ0) is 24.8. The number of amides is 1. The van der Waals surface area contributed by atoms with Crippen molar-refractivity contribution in [3.63, 3.8) is 0 Å². The normalized spacial score (nSPS) is 24.9. The maximum absolute atomic E-state index is 12.7. The molecule has 0 aliphatic carbocycles. The van der Waals surface area contributed by atoms with Crippen molar-refractivity contribution >= 4 is 11.9 Å². The second-order valence-corrected chi connectivity index (χ2v) is 10.4. The molecule has 2 aliphatic heterocycles. The molecule has 0 aromatic carbocycles. The van der Waals surface area contributed by atoms with E-state index in [0.717, 1.165) is 19.3 Å². The van der Waals surface area contributed by atoms with Crippen molar-refractivity contribution in [2.75, 3.05) is 13.2 Å². The molecule has 2 aliphatic rings. The molecule has 1 unspecified atom stereocenters. The number of rotatable bonds is 18. The number of esters is 1. The summed E-state index contributed by atoms with van der Waals surface area (Å²) in [5.41, 5.74) is 0. The van der Waals surface area contributed by atoms with E-state index in [2.05, 4.69) is 12.2 Å². The third kappa shape index (κ3) is 10.2. The van der Waals surface area contributed by atoms with Crippen LogP contribution in [0.1, 0.15) is 111 Å². The SMILES string of the molecule is CCCCCCCCCCCCCCCC(=O)NC(C(=O)O[C@@H]1CO[C@H]2[C@@H]1OC[C@@H]2O)C(C)C. The number of aliphatic hydroxyl groups excluding tert-OH is 1. The van der Waals surface area contributed by atoms with Gasteiger partial charge in [-0.15, -0.1) is 0 Å². The molecule has 7 nitrogen and oxygen atoms in total. The first-order valence-corrected chi connectivity index (χ1v) is 13.8. The molecule has 0 aromatic rings. The van der Waals surface area contributed by atoms with Crippen molar-refractivity contribution in [2.24, 2.45) is 5.92 Å². The zero-order valence-electron chi connectivity index (χ0n) is 21.8. The van der Waals surface area contributed by atoms with Gasteiger partial charge in [-0.05, 0) is 12.3 Å². The van der Waals surface area contributed by atoms with Crippen molar-refractivity contribution < 1.29 is 28.9 Å². The molecule has 34 heavy (non-hydrogen) atoms. The standard InChI is InChI=1S/C27H49NO6/c1-4-5-6-7-8-9-10-11-12-13-14-15-16-17-23(30)28-24(20(2)3)27(31)34-22-19-33-25-21(29)18-32-26(22)25/h20-22,24-26,29H,4-19H2,1-3H3,(H,28,30)/t21-,22+,24?,25+,26+/m0/s1. The Morgan fingerprint density at radius 1 is 0.853 bits per heavy atom. The summed E-state index contributed by atoms with van der Waals surface area (Å²) in [6.07, 6.45) is 14.8. The first-order chi connectivity index (χ1) is 16.4. The summed E-state index contributed by atoms with van der Waals surface area (Å²) in [6.45, 7) is 6.43. The Kier molecular flexibility index (Phi) is 14.1. The van der Waals surface area contributed by atoms with Gasteiger partial charge in [0.15, 0.2) is 6.10 Å². The highest BCUT2D eigenvalue weighted by molar-refractivity contribution is 5.84. The lowest BCUT2D eigenvalue weighted by atomic mass is 10.0. The molecule has 5 atom stereocenters. The molecular weight excluding hydrogens is 434 g/mol. The second-order valence-electron chi connectivity index (χ2n) is 10.4. The van der Waals surface area contributed by atoms with Gasteiger partial charge in [0.25, 0.3) is 0 Å². The summed E-state index contributed by atoms with van der Waals surface area (Å²) < 4.78 is 16.6. The number of hydrogen-bond acceptors (Lipinski definition) is 6. The lowest BCUT2D eigenvalue weighted by Gasteiger charge is -2.24. The van der Waals surface area contributed by atoms with Crippen LogP contribution in [0.2, 0.25) is 0 Å². The zero-order valence-corrected chi connectivity index (χ0v) is 21.8. The van der Waals surface area contributed by atoms with Crippen LogP contribution in [0.3, 0.4) is 0 Å². The molecule has 0 radical (unpaired) electrons. The Bertz CT molecular complexity index is 583. The van der Waals surface area contributed by atoms with Crippen molar-refractivity contribution in [3.8, 4) is 0 Å². The average molecular weight is 484 g/mol. The predicted octanol–water partition coefficient (Wildman–Crippen LogP) is 4.68. The molecule has 2 N–H and O–H groups in total. The smallest absolute Gasteiger partial charge is 0.329 e. The van der Waals surface area contributed by atoms with Crippen LogP contribution in [-0.4, -0.2) is 60.7 Å². The third-order valence-electron chi connectivity index (χ3n) is 6.99. The van der Waals surface area contributed by atoms with E-state index in [4.69, 9.17) is 14.2 Å². The highest BCUT2D eigenvalue weighted by Crippen LogP contribution is 2.29. The fraction of sp³-hybridized carbons (Fsp3) is 0.926. The number of carbonyl (C=O) groups is 2. The largest absolute Gasteiger partial charge is 0.455 e. The molecule has 0 bridgehead atoms. The maximum Gasteiger partial charge on any atom is 0.329 e. The van der Waals surface area contributed by atoms with Crippen LogP contribution in [0.5, 0.6) is 0 Å². The summed E-state index contributed by atoms with van der Waals surface area (Å²) in [4.78, 5) is 25.1. The molecule has 2 fully saturated rings. The highest BCUT2D eigenvalue weighted by atomic mass is 16.6. The molecule has 0 saturated carbocycles. The number of nitrogens with one attached hydrogen (secondary N) is 1. The van der Waals surface area contributed by atoms with E-state index < -0.39 is 36.4 Å². The van der Waals surface area contributed by atoms with Gasteiger partial charge < -0.3 is 24.6 Å². The number of ether oxygens (including phenoxy) is 3. The molecule has 7 heteroatoms. The predicted molar refractivity (Wildman–Crippen MR) is 132 cm³/mol. The van der Waals surface area contributed by atoms with E-state index in [0.29, 0.717) is 6.42 Å². The minimum absolute atomic E-state index is 0.0868. The minimum Gasteiger partial charge on any atom is -0.455 e. The first-order valence-electron chi connectivity index (χ1n) is 13.8. The van der Waals surface area contributed by atoms with Crippen LogP contribution in [0.15, 0.2) is 0 Å². The maximum atomic E-state index is 12.7. The van der Waals surface area contributed by atoms with Crippen LogP contribution < -0.4 is 5.32 Å². The fourth-order valence-corrected chi connectivity index (χ4v) is 4.81. The average Bonchev–Trinajstić information content (AvgIpc) is 3.38. The second kappa shape index (κ2) is 16.5. The molecular formula is C27H49NO6. The Hall–Kier alpha value is -1.18. The first kappa shape index (κ1) is 29.1. The van der Waals surface area contributed by atoms with Gasteiger partial charge >= 0.3 is 5.97 Å². The lowest BCUT2D eigenvalue weighted by molar-refractivity contribution is -0.158. The summed E-state index contributed by atoms with van der Waals surface area (Å²) in [7, 11) is 0. The Labute approximate surface area is 206 Å². The number of unbranched alkanes of at least 4 members (excludes halogenated alkanes) is 12. The van der Waals surface area contributed by atoms with Gasteiger partial charge in [-0.1, -0.05) is 97.8 Å². The van der Waals surface area contributed by atoms with E-state index in [1.807, 2.05) is 13.8 Å². The van der Waals surface area contributed by atoms with Crippen LogP contribution in [0, 0.1) is 5.92 Å². The molecule has 2 saturated heterocycles. The minimum atomic E-state index is -0.695. The van der Waals surface area contributed by atoms with Crippen molar-refractivity contribution in [2.45, 2.75) is 141 Å². The van der Waals surface area contributed by atoms with Gasteiger partial charge in [-0.25, -0.2) is 4.79 Å². The van der Waals surface area contributed by atoms with Gasteiger partial charge in [-0.2, -0.15) is 0 Å². The lowest BCUT2D eigenvalue weighted by Crippen LogP contribution is -2.47. The molecule has 1 amide bonds. The topological polar surface area (TPSA) is 94.1 Å². The van der Waals surface area contributed by atoms with Crippen LogP contribution in [0.4, 0.5) is 0 Å². The fourth-order valence-electron chi connectivity index (χ4n) is 4.81. The number of fused-ring (bicyclic) bond motifs is 1. The quantitative estimate of drug-likeness (QED) is 0.217. The van der Waals surface area contributed by atoms with Crippen LogP contribution in [-0.2, 0) is 23.8 Å². The van der Waals surface area contributed by atoms with E-state index in [1.165, 1.54) is 64.2 Å². The van der Waals surface area contributed by atoms with E-state index in [9.17, 15) is 14.7 Å². The Balaban J connectivity index is 1.52. The number of hydrogen-bond donors (Lipinski definition) is 2. The molecule has 0 spiro atoms. The summed E-state index contributed by atoms with van der Waals surface area (Å²) in [5.74, 6) is -0.656. The summed E-state index contributed by atoms with van der Waals surface area (Å²) in [5, 5.41) is 12.7. The van der Waals surface area contributed by atoms with Crippen molar-refractivity contribution in [1.29, 1.82) is 0 Å². The van der Waals surface area contributed by atoms with Gasteiger partial charge in [0.1, 0.15) is 24.4 Å². The Morgan fingerprint density at radius 3 is 1.94 bits per heavy atom. The molecule has 2 heterocycles. The van der Waals surface area contributed by atoms with Gasteiger partial charge in [0.2, 0.25) is 5.91 Å². The monoisotopic (exact) mass is 483 g/mol. The van der Waals surface area contributed by atoms with Gasteiger partial charge in [0, 0.05) is 6.42 Å². The van der Waals surface area contributed by atoms with E-state index in [1.54, 1.807) is 0 Å². The summed E-state index contributed by atoms with van der Waals surface area (Å²) >= 11 is 0. The van der Waals surface area contributed by atoms with Gasteiger partial charge in [0.05, 0.1) is 13.2 Å². The van der Waals surface area contributed by atoms with E-state index >= 15 is 0 Å². The van der Waals surface area contributed by atoms with E-state index in [-0.39, 0.29) is 25.0 Å².